The Kier molecular flexibility index (Phi) is 22.3. The molecule has 1 aromatic carbocycles. The molecule has 0 aromatic heterocycles. The summed E-state index contributed by atoms with van der Waals surface area (Å²) >= 11 is 0. The summed E-state index contributed by atoms with van der Waals surface area (Å²) in [6.07, 6.45) is 25.8. The molecule has 2 heteroatoms. The fourth-order valence-corrected chi connectivity index (χ4v) is 3.93. The van der Waals surface area contributed by atoms with Crippen LogP contribution in [-0.4, -0.2) is 13.6 Å². The highest BCUT2D eigenvalue weighted by Crippen LogP contribution is 2.14. The predicted octanol–water partition coefficient (Wildman–Crippen LogP) is 8.50. The van der Waals surface area contributed by atoms with Crippen LogP contribution in [0, 0.1) is 0 Å². The second-order valence-electron chi connectivity index (χ2n) is 8.35. The summed E-state index contributed by atoms with van der Waals surface area (Å²) in [5.41, 5.74) is 1.50. The number of nitrogens with one attached hydrogen (secondary N) is 1. The van der Waals surface area contributed by atoms with Crippen molar-refractivity contribution >= 4 is 12.4 Å². The molecule has 0 aliphatic carbocycles. The average molecular weight is 410 g/mol. The number of rotatable bonds is 20. The third kappa shape index (κ3) is 18.8. The zero-order chi connectivity index (χ0) is 19.3. The summed E-state index contributed by atoms with van der Waals surface area (Å²) in [7, 11) is 2.05. The van der Waals surface area contributed by atoms with Gasteiger partial charge in [0.15, 0.2) is 0 Å². The van der Waals surface area contributed by atoms with Crippen molar-refractivity contribution in [1.82, 2.24) is 5.32 Å². The standard InChI is InChI=1S/C26H47N.ClH/c1-27-25-21-16-14-12-10-8-6-4-2-3-5-7-9-11-13-15-18-22-26-23-19-17-20-24-26;/h17,19-20,23-24,27H,2-16,18,21-22,25H2,1H3;1H. The van der Waals surface area contributed by atoms with Gasteiger partial charge in [-0.15, -0.1) is 12.4 Å². The molecule has 1 aromatic rings. The molecular weight excluding hydrogens is 362 g/mol. The van der Waals surface area contributed by atoms with Crippen molar-refractivity contribution in [2.45, 2.75) is 116 Å². The van der Waals surface area contributed by atoms with Gasteiger partial charge in [-0.3, -0.25) is 0 Å². The first-order valence-corrected chi connectivity index (χ1v) is 12.1. The van der Waals surface area contributed by atoms with Crippen LogP contribution in [0.4, 0.5) is 0 Å². The van der Waals surface area contributed by atoms with E-state index < -0.39 is 0 Å². The molecule has 0 spiro atoms. The highest BCUT2D eigenvalue weighted by atomic mass is 35.5. The minimum atomic E-state index is 0. The van der Waals surface area contributed by atoms with E-state index in [9.17, 15) is 0 Å². The van der Waals surface area contributed by atoms with Crippen molar-refractivity contribution in [3.8, 4) is 0 Å². The first kappa shape index (κ1) is 27.5. The highest BCUT2D eigenvalue weighted by molar-refractivity contribution is 5.85. The van der Waals surface area contributed by atoms with Crippen LogP contribution in [0.25, 0.3) is 0 Å². The van der Waals surface area contributed by atoms with Crippen molar-refractivity contribution in [2.24, 2.45) is 0 Å². The zero-order valence-corrected chi connectivity index (χ0v) is 19.5. The lowest BCUT2D eigenvalue weighted by atomic mass is 10.0. The van der Waals surface area contributed by atoms with Gasteiger partial charge in [-0.05, 0) is 38.4 Å². The van der Waals surface area contributed by atoms with Gasteiger partial charge in [0.2, 0.25) is 0 Å². The van der Waals surface area contributed by atoms with Crippen molar-refractivity contribution in [3.63, 3.8) is 0 Å². The normalized spacial score (nSPS) is 10.8. The van der Waals surface area contributed by atoms with Gasteiger partial charge < -0.3 is 5.32 Å². The van der Waals surface area contributed by atoms with Crippen molar-refractivity contribution in [3.05, 3.63) is 35.9 Å². The lowest BCUT2D eigenvalue weighted by Gasteiger charge is -2.04. The quantitative estimate of drug-likeness (QED) is 0.213. The minimum absolute atomic E-state index is 0. The molecular formula is C26H48ClN. The molecule has 1 rings (SSSR count). The van der Waals surface area contributed by atoms with Crippen LogP contribution in [0.15, 0.2) is 30.3 Å². The van der Waals surface area contributed by atoms with Gasteiger partial charge in [-0.1, -0.05) is 127 Å². The van der Waals surface area contributed by atoms with E-state index in [1.807, 2.05) is 7.05 Å². The molecule has 0 heterocycles. The van der Waals surface area contributed by atoms with Gasteiger partial charge in [0.25, 0.3) is 0 Å². The molecule has 0 bridgehead atoms. The summed E-state index contributed by atoms with van der Waals surface area (Å²) in [5.74, 6) is 0. The molecule has 0 aliphatic rings. The predicted molar refractivity (Wildman–Crippen MR) is 130 cm³/mol. The van der Waals surface area contributed by atoms with Crippen LogP contribution >= 0.6 is 12.4 Å². The van der Waals surface area contributed by atoms with Crippen LogP contribution in [0.1, 0.15) is 115 Å². The molecule has 0 saturated heterocycles. The summed E-state index contributed by atoms with van der Waals surface area (Å²) < 4.78 is 0. The molecule has 0 aliphatic heterocycles. The summed E-state index contributed by atoms with van der Waals surface area (Å²) in [6.45, 7) is 1.19. The Balaban J connectivity index is 0.00000729. The number of hydrogen-bond acceptors (Lipinski definition) is 1. The fourth-order valence-electron chi connectivity index (χ4n) is 3.93. The van der Waals surface area contributed by atoms with Crippen LogP contribution in [0.3, 0.4) is 0 Å². The monoisotopic (exact) mass is 409 g/mol. The van der Waals surface area contributed by atoms with E-state index in [0.717, 1.165) is 0 Å². The molecule has 0 atom stereocenters. The Labute approximate surface area is 182 Å². The number of hydrogen-bond donors (Lipinski definition) is 1. The van der Waals surface area contributed by atoms with E-state index in [-0.39, 0.29) is 12.4 Å². The zero-order valence-electron chi connectivity index (χ0n) is 18.7. The molecule has 0 amide bonds. The van der Waals surface area contributed by atoms with Crippen LogP contribution < -0.4 is 5.32 Å². The van der Waals surface area contributed by atoms with Gasteiger partial charge in [0.1, 0.15) is 0 Å². The van der Waals surface area contributed by atoms with E-state index in [1.54, 1.807) is 0 Å². The Morgan fingerprint density at radius 2 is 0.857 bits per heavy atom. The number of unbranched alkanes of at least 4 members (excludes halogenated alkanes) is 16. The Morgan fingerprint density at radius 1 is 0.500 bits per heavy atom. The van der Waals surface area contributed by atoms with E-state index in [2.05, 4.69) is 35.6 Å². The largest absolute Gasteiger partial charge is 0.320 e. The van der Waals surface area contributed by atoms with Crippen molar-refractivity contribution in [1.29, 1.82) is 0 Å². The summed E-state index contributed by atoms with van der Waals surface area (Å²) in [6, 6.07) is 10.9. The average Bonchev–Trinajstić information content (AvgIpc) is 2.70. The number of benzene rings is 1. The van der Waals surface area contributed by atoms with Gasteiger partial charge in [0, 0.05) is 0 Å². The van der Waals surface area contributed by atoms with Gasteiger partial charge in [-0.25, -0.2) is 0 Å². The highest BCUT2D eigenvalue weighted by Gasteiger charge is 1.96. The topological polar surface area (TPSA) is 12.0 Å². The van der Waals surface area contributed by atoms with Gasteiger partial charge in [0.05, 0.1) is 0 Å². The molecule has 1 N–H and O–H groups in total. The van der Waals surface area contributed by atoms with Crippen molar-refractivity contribution in [2.75, 3.05) is 13.6 Å². The lowest BCUT2D eigenvalue weighted by Crippen LogP contribution is -2.06. The van der Waals surface area contributed by atoms with E-state index in [1.165, 1.54) is 128 Å². The van der Waals surface area contributed by atoms with Crippen LogP contribution in [0.5, 0.6) is 0 Å². The molecule has 0 fully saturated rings. The van der Waals surface area contributed by atoms with E-state index in [0.29, 0.717) is 0 Å². The number of halogens is 1. The third-order valence-corrected chi connectivity index (χ3v) is 5.74. The molecule has 164 valence electrons. The smallest absolute Gasteiger partial charge is 0.00519 e. The Hall–Kier alpha value is -0.530. The number of aryl methyl sites for hydroxylation is 1. The Morgan fingerprint density at radius 3 is 1.25 bits per heavy atom. The van der Waals surface area contributed by atoms with Crippen LogP contribution in [-0.2, 0) is 6.42 Å². The summed E-state index contributed by atoms with van der Waals surface area (Å²) in [5, 5.41) is 3.23. The second kappa shape index (κ2) is 22.8. The maximum Gasteiger partial charge on any atom is -0.00519 e. The first-order chi connectivity index (χ1) is 13.4. The third-order valence-electron chi connectivity index (χ3n) is 5.74. The maximum atomic E-state index is 3.23. The van der Waals surface area contributed by atoms with Crippen LogP contribution in [0.2, 0.25) is 0 Å². The molecule has 0 saturated carbocycles. The molecule has 1 nitrogen and oxygen atoms in total. The van der Waals surface area contributed by atoms with Gasteiger partial charge in [-0.2, -0.15) is 0 Å². The fraction of sp³-hybridized carbons (Fsp3) is 0.769. The molecule has 0 unspecified atom stereocenters. The first-order valence-electron chi connectivity index (χ1n) is 12.1. The SMILES string of the molecule is CNCCCCCCCCCCCCCCCCCCCc1ccccc1.Cl. The summed E-state index contributed by atoms with van der Waals surface area (Å²) in [4.78, 5) is 0. The second-order valence-corrected chi connectivity index (χ2v) is 8.35. The molecule has 28 heavy (non-hydrogen) atoms. The Bertz CT molecular complexity index is 393. The maximum absolute atomic E-state index is 3.23. The molecule has 0 radical (unpaired) electrons. The van der Waals surface area contributed by atoms with Gasteiger partial charge >= 0.3 is 0 Å². The van der Waals surface area contributed by atoms with E-state index in [4.69, 9.17) is 0 Å². The van der Waals surface area contributed by atoms with Crippen molar-refractivity contribution < 1.29 is 0 Å². The minimum Gasteiger partial charge on any atom is -0.320 e. The lowest BCUT2D eigenvalue weighted by molar-refractivity contribution is 0.524. The van der Waals surface area contributed by atoms with E-state index >= 15 is 0 Å².